The molecule has 0 heterocycles. The van der Waals surface area contributed by atoms with Crippen LogP contribution >= 0.6 is 11.8 Å². The summed E-state index contributed by atoms with van der Waals surface area (Å²) in [6, 6.07) is 4.55. The number of carbonyl (C=O) groups is 1. The summed E-state index contributed by atoms with van der Waals surface area (Å²) in [4.78, 5) is 13.2. The Kier molecular flexibility index (Phi) is 7.58. The fraction of sp³-hybridized carbons (Fsp3) is 0.625. The van der Waals surface area contributed by atoms with Crippen LogP contribution in [0, 0.1) is 12.8 Å². The molecule has 1 aromatic rings. The average Bonchev–Trinajstić information content (AvgIpc) is 2.53. The van der Waals surface area contributed by atoms with Crippen molar-refractivity contribution in [2.75, 3.05) is 0 Å². The van der Waals surface area contributed by atoms with E-state index in [1.165, 1.54) is 27.8 Å². The number of Topliss-reactive ketones (excluding diaryl/α,β-unsaturated/α-hetero) is 1. The van der Waals surface area contributed by atoms with Gasteiger partial charge in [0.1, 0.15) is 0 Å². The Morgan fingerprint density at radius 1 is 1.04 bits per heavy atom. The van der Waals surface area contributed by atoms with Crippen LogP contribution in [0.4, 0.5) is 0 Å². The molecule has 1 nitrogen and oxygen atoms in total. The van der Waals surface area contributed by atoms with Crippen LogP contribution in [0.2, 0.25) is 0 Å². The molecule has 2 atom stereocenters. The largest absolute Gasteiger partial charge is 0.294 e. The fourth-order valence-electron chi connectivity index (χ4n) is 4.54. The summed E-state index contributed by atoms with van der Waals surface area (Å²) in [6.07, 6.45) is 4.91. The van der Waals surface area contributed by atoms with Gasteiger partial charge in [0.2, 0.25) is 0 Å². The fourth-order valence-corrected chi connectivity index (χ4v) is 5.85. The number of hydrogen-bond donors (Lipinski definition) is 0. The lowest BCUT2D eigenvalue weighted by Gasteiger charge is -2.29. The van der Waals surface area contributed by atoms with E-state index in [9.17, 15) is 4.79 Å². The van der Waals surface area contributed by atoms with Crippen molar-refractivity contribution >= 4 is 23.1 Å². The second-order valence-electron chi connectivity index (χ2n) is 8.25. The molecule has 0 aromatic heterocycles. The van der Waals surface area contributed by atoms with Crippen molar-refractivity contribution in [2.24, 2.45) is 5.92 Å². The van der Waals surface area contributed by atoms with Gasteiger partial charge in [-0.15, -0.1) is 0 Å². The molecule has 144 valence electrons. The summed E-state index contributed by atoms with van der Waals surface area (Å²) >= 11 is 2.03. The van der Waals surface area contributed by atoms with E-state index in [4.69, 9.17) is 0 Å². The van der Waals surface area contributed by atoms with Gasteiger partial charge < -0.3 is 0 Å². The van der Waals surface area contributed by atoms with Gasteiger partial charge in [0.15, 0.2) is 5.78 Å². The Labute approximate surface area is 165 Å². The van der Waals surface area contributed by atoms with Gasteiger partial charge in [-0.25, -0.2) is 0 Å². The Morgan fingerprint density at radius 3 is 2.08 bits per heavy atom. The molecule has 0 bridgehead atoms. The first-order chi connectivity index (χ1) is 12.3. The molecule has 0 N–H and O–H groups in total. The van der Waals surface area contributed by atoms with Gasteiger partial charge in [0.05, 0.1) is 0 Å². The number of hydrogen-bond acceptors (Lipinski definition) is 2. The summed E-state index contributed by atoms with van der Waals surface area (Å²) in [6.45, 7) is 15.6. The minimum Gasteiger partial charge on any atom is -0.294 e. The van der Waals surface area contributed by atoms with Crippen LogP contribution in [-0.4, -0.2) is 16.3 Å². The maximum Gasteiger partial charge on any atom is 0.163 e. The van der Waals surface area contributed by atoms with Crippen LogP contribution in [0.15, 0.2) is 17.7 Å². The van der Waals surface area contributed by atoms with E-state index in [2.05, 4.69) is 60.6 Å². The molecular weight excluding hydrogens is 336 g/mol. The van der Waals surface area contributed by atoms with Crippen LogP contribution < -0.4 is 0 Å². The van der Waals surface area contributed by atoms with Crippen LogP contribution in [0.25, 0.3) is 5.57 Å². The molecule has 26 heavy (non-hydrogen) atoms. The quantitative estimate of drug-likeness (QED) is 0.524. The average molecular weight is 373 g/mol. The van der Waals surface area contributed by atoms with E-state index in [1.807, 2.05) is 11.8 Å². The van der Waals surface area contributed by atoms with E-state index < -0.39 is 0 Å². The molecule has 0 saturated heterocycles. The topological polar surface area (TPSA) is 17.1 Å². The lowest BCUT2D eigenvalue weighted by Crippen LogP contribution is -2.22. The monoisotopic (exact) mass is 372 g/mol. The smallest absolute Gasteiger partial charge is 0.163 e. The first kappa shape index (κ1) is 21.3. The molecular formula is C24H36OS. The molecule has 0 fully saturated rings. The predicted molar refractivity (Wildman–Crippen MR) is 117 cm³/mol. The highest BCUT2D eigenvalue weighted by Crippen LogP contribution is 2.39. The number of benzene rings is 1. The molecule has 2 heteroatoms. The van der Waals surface area contributed by atoms with Gasteiger partial charge in [-0.05, 0) is 67.4 Å². The Balaban J connectivity index is 2.34. The molecule has 1 aliphatic carbocycles. The maximum atomic E-state index is 13.2. The number of thioether (sulfide) groups is 1. The molecule has 0 saturated carbocycles. The SMILES string of the molecule is CCc1cc(C)cc(CC)c1C1=C(C)CC(CC(C)SC(C)C)CC1=O. The van der Waals surface area contributed by atoms with Crippen molar-refractivity contribution in [3.05, 3.63) is 40.0 Å². The Morgan fingerprint density at radius 2 is 1.62 bits per heavy atom. The van der Waals surface area contributed by atoms with Crippen LogP contribution in [-0.2, 0) is 17.6 Å². The third kappa shape index (κ3) is 5.03. The highest BCUT2D eigenvalue weighted by molar-refractivity contribution is 8.00. The normalized spacial score (nSPS) is 19.4. The highest BCUT2D eigenvalue weighted by atomic mass is 32.2. The molecule has 0 spiro atoms. The zero-order chi connectivity index (χ0) is 19.4. The number of allylic oxidation sites excluding steroid dienone is 2. The maximum absolute atomic E-state index is 13.2. The molecule has 0 radical (unpaired) electrons. The van der Waals surface area contributed by atoms with Crippen molar-refractivity contribution in [3.63, 3.8) is 0 Å². The number of ketones is 1. The molecule has 0 amide bonds. The second-order valence-corrected chi connectivity index (χ2v) is 10.3. The molecule has 2 rings (SSSR count). The second kappa shape index (κ2) is 9.26. The number of aryl methyl sites for hydroxylation is 3. The standard InChI is InChI=1S/C24H36OS/c1-8-20-10-16(5)11-21(9-2)24(20)23-17(6)12-19(14-22(23)25)13-18(7)26-15(3)4/h10-11,15,18-19H,8-9,12-14H2,1-7H3. The zero-order valence-electron chi connectivity index (χ0n) is 17.7. The Hall–Kier alpha value is -1.02. The van der Waals surface area contributed by atoms with Crippen molar-refractivity contribution in [1.82, 2.24) is 0 Å². The predicted octanol–water partition coefficient (Wildman–Crippen LogP) is 6.79. The molecule has 1 aromatic carbocycles. The highest BCUT2D eigenvalue weighted by Gasteiger charge is 2.29. The van der Waals surface area contributed by atoms with E-state index in [1.54, 1.807) is 0 Å². The van der Waals surface area contributed by atoms with Gasteiger partial charge in [0, 0.05) is 17.2 Å². The summed E-state index contributed by atoms with van der Waals surface area (Å²) in [7, 11) is 0. The van der Waals surface area contributed by atoms with E-state index in [0.29, 0.717) is 22.2 Å². The van der Waals surface area contributed by atoms with Crippen molar-refractivity contribution in [3.8, 4) is 0 Å². The van der Waals surface area contributed by atoms with Crippen molar-refractivity contribution < 1.29 is 4.79 Å². The van der Waals surface area contributed by atoms with E-state index in [-0.39, 0.29) is 0 Å². The van der Waals surface area contributed by atoms with Crippen molar-refractivity contribution in [2.45, 2.75) is 91.1 Å². The minimum atomic E-state index is 0.369. The van der Waals surface area contributed by atoms with Crippen LogP contribution in [0.3, 0.4) is 0 Å². The van der Waals surface area contributed by atoms with Gasteiger partial charge in [0.25, 0.3) is 0 Å². The van der Waals surface area contributed by atoms with Gasteiger partial charge in [-0.2, -0.15) is 11.8 Å². The lowest BCUT2D eigenvalue weighted by molar-refractivity contribution is -0.115. The van der Waals surface area contributed by atoms with Gasteiger partial charge >= 0.3 is 0 Å². The zero-order valence-corrected chi connectivity index (χ0v) is 18.6. The summed E-state index contributed by atoms with van der Waals surface area (Å²) in [5.41, 5.74) is 7.59. The third-order valence-electron chi connectivity index (χ3n) is 5.40. The van der Waals surface area contributed by atoms with Crippen molar-refractivity contribution in [1.29, 1.82) is 0 Å². The first-order valence-corrected chi connectivity index (χ1v) is 11.2. The minimum absolute atomic E-state index is 0.369. The van der Waals surface area contributed by atoms with E-state index >= 15 is 0 Å². The Bertz CT molecular complexity index is 658. The molecule has 1 aliphatic rings. The van der Waals surface area contributed by atoms with Crippen LogP contribution in [0.5, 0.6) is 0 Å². The van der Waals surface area contributed by atoms with Crippen LogP contribution in [0.1, 0.15) is 83.1 Å². The summed E-state index contributed by atoms with van der Waals surface area (Å²) in [5, 5.41) is 1.28. The lowest BCUT2D eigenvalue weighted by atomic mass is 9.76. The first-order valence-electron chi connectivity index (χ1n) is 10.3. The summed E-state index contributed by atoms with van der Waals surface area (Å²) < 4.78 is 0. The van der Waals surface area contributed by atoms with Gasteiger partial charge in [-0.3, -0.25) is 4.79 Å². The summed E-state index contributed by atoms with van der Waals surface area (Å²) in [5.74, 6) is 0.877. The third-order valence-corrected chi connectivity index (χ3v) is 6.60. The number of carbonyl (C=O) groups excluding carboxylic acids is 1. The number of rotatable bonds is 7. The van der Waals surface area contributed by atoms with Gasteiger partial charge in [-0.1, -0.05) is 57.9 Å². The van der Waals surface area contributed by atoms with E-state index in [0.717, 1.165) is 37.7 Å². The molecule has 2 unspecified atom stereocenters. The molecule has 0 aliphatic heterocycles.